The van der Waals surface area contributed by atoms with Gasteiger partial charge in [-0.15, -0.1) is 0 Å². The number of esters is 2. The molecule has 160 valence electrons. The fourth-order valence-electron chi connectivity index (χ4n) is 4.50. The molecule has 0 amide bonds. The summed E-state index contributed by atoms with van der Waals surface area (Å²) in [6, 6.07) is 13.8. The molecule has 0 aromatic heterocycles. The lowest BCUT2D eigenvalue weighted by atomic mass is 9.72. The molecule has 2 aliphatic rings. The van der Waals surface area contributed by atoms with Crippen molar-refractivity contribution in [2.75, 3.05) is 13.2 Å². The second-order valence-electron chi connectivity index (χ2n) is 8.67. The number of hydrogen-bond acceptors (Lipinski definition) is 4. The Labute approximate surface area is 183 Å². The van der Waals surface area contributed by atoms with Crippen LogP contribution in [0.2, 0.25) is 0 Å². The lowest BCUT2D eigenvalue weighted by Gasteiger charge is -2.32. The molecule has 0 saturated carbocycles. The zero-order valence-corrected chi connectivity index (χ0v) is 18.5. The minimum absolute atomic E-state index is 0.0168. The van der Waals surface area contributed by atoms with Gasteiger partial charge >= 0.3 is 11.9 Å². The van der Waals surface area contributed by atoms with Gasteiger partial charge < -0.3 is 9.47 Å². The van der Waals surface area contributed by atoms with E-state index in [1.165, 1.54) is 11.1 Å². The highest BCUT2D eigenvalue weighted by atomic mass is 16.5. The number of carbonyl (C=O) groups excluding carboxylic acids is 2. The molecule has 0 fully saturated rings. The van der Waals surface area contributed by atoms with Gasteiger partial charge in [0.05, 0.1) is 18.8 Å². The Kier molecular flexibility index (Phi) is 5.57. The van der Waals surface area contributed by atoms with Gasteiger partial charge in [0.25, 0.3) is 0 Å². The van der Waals surface area contributed by atoms with E-state index in [4.69, 9.17) is 9.47 Å². The third-order valence-electron chi connectivity index (χ3n) is 6.07. The Morgan fingerprint density at radius 1 is 0.935 bits per heavy atom. The topological polar surface area (TPSA) is 52.6 Å². The number of carbonyl (C=O) groups is 2. The number of rotatable bonds is 6. The predicted molar refractivity (Wildman–Crippen MR) is 122 cm³/mol. The molecule has 4 nitrogen and oxygen atoms in total. The van der Waals surface area contributed by atoms with Crippen molar-refractivity contribution in [3.05, 3.63) is 75.9 Å². The summed E-state index contributed by atoms with van der Waals surface area (Å²) in [5.74, 6) is -0.259. The van der Waals surface area contributed by atoms with Gasteiger partial charge in [-0.05, 0) is 71.7 Å². The van der Waals surface area contributed by atoms with Gasteiger partial charge in [0.15, 0.2) is 0 Å². The van der Waals surface area contributed by atoms with Crippen molar-refractivity contribution in [3.8, 4) is 0 Å². The minimum atomic E-state index is -0.306. The van der Waals surface area contributed by atoms with Crippen molar-refractivity contribution < 1.29 is 19.1 Å². The number of benzene rings is 2. The van der Waals surface area contributed by atoms with Crippen LogP contribution in [0.15, 0.2) is 48.0 Å². The zero-order chi connectivity index (χ0) is 22.2. The maximum Gasteiger partial charge on any atom is 0.338 e. The molecule has 1 unspecified atom stereocenters. The van der Waals surface area contributed by atoms with Crippen LogP contribution in [0.4, 0.5) is 0 Å². The van der Waals surface area contributed by atoms with E-state index in [0.717, 1.165) is 28.7 Å². The second kappa shape index (κ2) is 8.18. The van der Waals surface area contributed by atoms with Gasteiger partial charge in [-0.3, -0.25) is 0 Å². The van der Waals surface area contributed by atoms with Crippen LogP contribution < -0.4 is 0 Å². The maximum absolute atomic E-state index is 12.4. The fraction of sp³-hybridized carbons (Fsp3) is 0.333. The van der Waals surface area contributed by atoms with E-state index < -0.39 is 0 Å². The average Bonchev–Trinajstić information content (AvgIpc) is 3.46. The summed E-state index contributed by atoms with van der Waals surface area (Å²) in [5.41, 5.74) is 7.11. The Hall–Kier alpha value is -3.14. The number of allylic oxidation sites excluding steroid dienone is 1. The molecule has 0 bridgehead atoms. The van der Waals surface area contributed by atoms with Crippen LogP contribution in [0.5, 0.6) is 0 Å². The summed E-state index contributed by atoms with van der Waals surface area (Å²) in [7, 11) is 0. The zero-order valence-electron chi connectivity index (χ0n) is 18.5. The van der Waals surface area contributed by atoms with Crippen LogP contribution in [0.3, 0.4) is 0 Å². The van der Waals surface area contributed by atoms with Crippen LogP contribution in [0, 0.1) is 5.92 Å². The monoisotopic (exact) mass is 416 g/mol. The van der Waals surface area contributed by atoms with E-state index in [1.54, 1.807) is 19.1 Å². The SMILES string of the molecule is CCOC(=O)C1=C2c3cc(C=Cc4ccc(C(=O)OCC)cc4)ccc3C(C)(C)CC12. The molecule has 2 aromatic carbocycles. The normalized spacial score (nSPS) is 18.4. The van der Waals surface area contributed by atoms with Crippen LogP contribution in [-0.2, 0) is 19.7 Å². The highest BCUT2D eigenvalue weighted by Gasteiger charge is 2.50. The van der Waals surface area contributed by atoms with Gasteiger partial charge in [0.1, 0.15) is 0 Å². The molecular formula is C27H28O4. The van der Waals surface area contributed by atoms with Gasteiger partial charge in [-0.25, -0.2) is 9.59 Å². The minimum Gasteiger partial charge on any atom is -0.463 e. The van der Waals surface area contributed by atoms with E-state index in [-0.39, 0.29) is 23.3 Å². The summed E-state index contributed by atoms with van der Waals surface area (Å²) in [5, 5.41) is 0. The van der Waals surface area contributed by atoms with Crippen molar-refractivity contribution in [1.29, 1.82) is 0 Å². The average molecular weight is 417 g/mol. The third kappa shape index (κ3) is 4.07. The van der Waals surface area contributed by atoms with Crippen molar-refractivity contribution in [2.45, 2.75) is 39.5 Å². The molecule has 0 spiro atoms. The standard InChI is InChI=1S/C27H28O4/c1-5-30-25(28)19-12-9-17(10-13-19)7-8-18-11-14-22-20(15-18)23-21(16-27(22,3)4)24(23)26(29)31-6-2/h7-15,21H,5-6,16H2,1-4H3. The van der Waals surface area contributed by atoms with E-state index >= 15 is 0 Å². The molecular weight excluding hydrogens is 388 g/mol. The first-order chi connectivity index (χ1) is 14.9. The third-order valence-corrected chi connectivity index (χ3v) is 6.07. The summed E-state index contributed by atoms with van der Waals surface area (Å²) < 4.78 is 10.3. The van der Waals surface area contributed by atoms with Gasteiger partial charge in [0.2, 0.25) is 0 Å². The number of fused-ring (bicyclic) bond motifs is 3. The summed E-state index contributed by atoms with van der Waals surface area (Å²) >= 11 is 0. The Morgan fingerprint density at radius 3 is 2.23 bits per heavy atom. The van der Waals surface area contributed by atoms with Crippen LogP contribution in [-0.4, -0.2) is 25.2 Å². The lowest BCUT2D eigenvalue weighted by molar-refractivity contribution is -0.138. The highest BCUT2D eigenvalue weighted by Crippen LogP contribution is 2.59. The van der Waals surface area contributed by atoms with E-state index in [2.05, 4.69) is 38.1 Å². The summed E-state index contributed by atoms with van der Waals surface area (Å²) in [6.07, 6.45) is 5.03. The summed E-state index contributed by atoms with van der Waals surface area (Å²) in [6.45, 7) is 8.88. The Bertz CT molecular complexity index is 1090. The molecule has 0 radical (unpaired) electrons. The largest absolute Gasteiger partial charge is 0.463 e. The first-order valence-electron chi connectivity index (χ1n) is 10.9. The first-order valence-corrected chi connectivity index (χ1v) is 10.9. The van der Waals surface area contributed by atoms with Crippen molar-refractivity contribution >= 4 is 29.7 Å². The molecule has 0 aliphatic heterocycles. The molecule has 4 rings (SSSR count). The van der Waals surface area contributed by atoms with Crippen molar-refractivity contribution in [3.63, 3.8) is 0 Å². The first kappa shape index (κ1) is 21.1. The molecule has 0 N–H and O–H groups in total. The highest BCUT2D eigenvalue weighted by molar-refractivity contribution is 6.11. The van der Waals surface area contributed by atoms with Crippen molar-refractivity contribution in [1.82, 2.24) is 0 Å². The molecule has 0 heterocycles. The molecule has 2 aliphatic carbocycles. The predicted octanol–water partition coefficient (Wildman–Crippen LogP) is 5.66. The maximum atomic E-state index is 12.4. The van der Waals surface area contributed by atoms with E-state index in [1.807, 2.05) is 25.1 Å². The second-order valence-corrected chi connectivity index (χ2v) is 8.67. The van der Waals surface area contributed by atoms with E-state index in [0.29, 0.717) is 18.8 Å². The summed E-state index contributed by atoms with van der Waals surface area (Å²) in [4.78, 5) is 24.2. The molecule has 31 heavy (non-hydrogen) atoms. The molecule has 0 saturated heterocycles. The van der Waals surface area contributed by atoms with Crippen LogP contribution in [0.1, 0.15) is 66.7 Å². The van der Waals surface area contributed by atoms with Crippen LogP contribution in [0.25, 0.3) is 17.7 Å². The number of hydrogen-bond donors (Lipinski definition) is 0. The molecule has 2 aromatic rings. The molecule has 4 heteroatoms. The number of ether oxygens (including phenoxy) is 2. The lowest BCUT2D eigenvalue weighted by Crippen LogP contribution is -2.24. The Morgan fingerprint density at radius 2 is 1.55 bits per heavy atom. The molecule has 1 atom stereocenters. The van der Waals surface area contributed by atoms with Crippen molar-refractivity contribution in [2.24, 2.45) is 5.92 Å². The van der Waals surface area contributed by atoms with Gasteiger partial charge in [0, 0.05) is 11.5 Å². The quantitative estimate of drug-likeness (QED) is 0.450. The van der Waals surface area contributed by atoms with Gasteiger partial charge in [-0.2, -0.15) is 0 Å². The van der Waals surface area contributed by atoms with E-state index in [9.17, 15) is 9.59 Å². The smallest absolute Gasteiger partial charge is 0.338 e. The fourth-order valence-corrected chi connectivity index (χ4v) is 4.50. The van der Waals surface area contributed by atoms with Crippen LogP contribution >= 0.6 is 0 Å². The Balaban J connectivity index is 1.59. The van der Waals surface area contributed by atoms with Gasteiger partial charge in [-0.1, -0.05) is 50.3 Å².